The number of hydrogen-bond donors (Lipinski definition) is 1. The van der Waals surface area contributed by atoms with Gasteiger partial charge in [0.2, 0.25) is 0 Å². The van der Waals surface area contributed by atoms with Crippen LogP contribution in [0.4, 0.5) is 0 Å². The molecule has 4 aromatic rings. The maximum absolute atomic E-state index is 4.18. The fraction of sp³-hybridized carbons (Fsp3) is 0.143. The quantitative estimate of drug-likeness (QED) is 0.546. The van der Waals surface area contributed by atoms with Crippen molar-refractivity contribution in [2.24, 2.45) is 0 Å². The Morgan fingerprint density at radius 2 is 1.42 bits per heavy atom. The normalized spacial score (nSPS) is 9.38. The van der Waals surface area contributed by atoms with Crippen molar-refractivity contribution >= 4 is 10.9 Å². The van der Waals surface area contributed by atoms with Crippen LogP contribution in [0.2, 0.25) is 0 Å². The summed E-state index contributed by atoms with van der Waals surface area (Å²) in [6, 6.07) is 24.1. The summed E-state index contributed by atoms with van der Waals surface area (Å²) >= 11 is 0. The minimum atomic E-state index is 1.06. The number of aryl methyl sites for hydroxylation is 1. The lowest BCUT2D eigenvalue weighted by atomic mass is 10.2. The van der Waals surface area contributed by atoms with Gasteiger partial charge in [-0.2, -0.15) is 0 Å². The maximum Gasteiger partial charge on any atom is 0.105 e. The lowest BCUT2D eigenvalue weighted by molar-refractivity contribution is 0.856. The largest absolute Gasteiger partial charge is 0.349 e. The molecule has 2 heterocycles. The van der Waals surface area contributed by atoms with Crippen LogP contribution in [0.1, 0.15) is 19.2 Å². The first-order valence-electron chi connectivity index (χ1n) is 8.18. The highest BCUT2D eigenvalue weighted by atomic mass is 14.9. The average molecular weight is 317 g/mol. The number of hydrogen-bond acceptors (Lipinski definition) is 2. The molecular formula is C21H23N3. The predicted octanol–water partition coefficient (Wildman–Crippen LogP) is 5.28. The minimum absolute atomic E-state index is 1.06. The number of nitrogens with zero attached hydrogens (tertiary/aromatic N) is 2. The molecule has 2 aromatic carbocycles. The number of imidazole rings is 1. The third-order valence-corrected chi connectivity index (χ3v) is 3.22. The number of rotatable bonds is 2. The number of fused-ring (bicyclic) bond motifs is 1. The van der Waals surface area contributed by atoms with E-state index in [2.05, 4.69) is 34.0 Å². The van der Waals surface area contributed by atoms with Crippen molar-refractivity contribution in [3.05, 3.63) is 97.2 Å². The van der Waals surface area contributed by atoms with Gasteiger partial charge in [0.1, 0.15) is 5.82 Å². The summed E-state index contributed by atoms with van der Waals surface area (Å²) in [6.07, 6.45) is 7.67. The number of aromatic nitrogens is 3. The highest BCUT2D eigenvalue weighted by Crippen LogP contribution is 2.07. The molecule has 0 saturated heterocycles. The Kier molecular flexibility index (Phi) is 7.79. The molecule has 0 aliphatic heterocycles. The van der Waals surface area contributed by atoms with Crippen molar-refractivity contribution in [1.29, 1.82) is 0 Å². The molecule has 0 radical (unpaired) electrons. The van der Waals surface area contributed by atoms with Gasteiger partial charge in [-0.15, -0.1) is 0 Å². The van der Waals surface area contributed by atoms with E-state index in [0.29, 0.717) is 0 Å². The van der Waals surface area contributed by atoms with Crippen molar-refractivity contribution in [3.63, 3.8) is 0 Å². The van der Waals surface area contributed by atoms with Crippen LogP contribution >= 0.6 is 0 Å². The van der Waals surface area contributed by atoms with Crippen LogP contribution in [-0.4, -0.2) is 15.0 Å². The molecule has 0 bridgehead atoms. The lowest BCUT2D eigenvalue weighted by Gasteiger charge is -1.91. The van der Waals surface area contributed by atoms with Crippen LogP contribution in [-0.2, 0) is 6.42 Å². The molecule has 3 heteroatoms. The first-order chi connectivity index (χ1) is 11.9. The first kappa shape index (κ1) is 17.4. The molecule has 0 atom stereocenters. The highest BCUT2D eigenvalue weighted by Gasteiger charge is 1.87. The molecule has 0 amide bonds. The van der Waals surface area contributed by atoms with Crippen molar-refractivity contribution in [2.45, 2.75) is 19.8 Å². The number of H-pyrrole nitrogens is 1. The molecular weight excluding hydrogens is 294 g/mol. The summed E-state index contributed by atoms with van der Waals surface area (Å²) in [4.78, 5) is 11.3. The van der Waals surface area contributed by atoms with E-state index < -0.39 is 0 Å². The van der Waals surface area contributed by atoms with Gasteiger partial charge < -0.3 is 4.98 Å². The highest BCUT2D eigenvalue weighted by molar-refractivity contribution is 5.77. The summed E-state index contributed by atoms with van der Waals surface area (Å²) < 4.78 is 0. The molecule has 2 aromatic heterocycles. The van der Waals surface area contributed by atoms with Crippen LogP contribution in [0, 0.1) is 0 Å². The van der Waals surface area contributed by atoms with Gasteiger partial charge in [0.25, 0.3) is 0 Å². The van der Waals surface area contributed by atoms with E-state index in [1.165, 1.54) is 5.39 Å². The summed E-state index contributed by atoms with van der Waals surface area (Å²) in [5.41, 5.74) is 1.06. The summed E-state index contributed by atoms with van der Waals surface area (Å²) in [6.45, 7) is 2.14. The second kappa shape index (κ2) is 10.7. The summed E-state index contributed by atoms with van der Waals surface area (Å²) in [7, 11) is 0. The van der Waals surface area contributed by atoms with E-state index in [-0.39, 0.29) is 0 Å². The number of para-hydroxylation sites is 1. The number of aromatic amines is 1. The standard InChI is InChI=1S/C9H7N.C6H10N2.C6H6/c1-2-6-9-8(4-1)5-3-7-10-9;1-2-3-6-7-4-5-8-6;1-2-4-6-5-3-1/h1-7H;4-5H,2-3H2,1H3,(H,7,8);1-6H. The number of benzene rings is 2. The molecule has 0 spiro atoms. The Hall–Kier alpha value is -2.94. The van der Waals surface area contributed by atoms with Crippen LogP contribution in [0.5, 0.6) is 0 Å². The van der Waals surface area contributed by atoms with Crippen molar-refractivity contribution < 1.29 is 0 Å². The topological polar surface area (TPSA) is 41.6 Å². The van der Waals surface area contributed by atoms with Crippen molar-refractivity contribution in [1.82, 2.24) is 15.0 Å². The van der Waals surface area contributed by atoms with E-state index in [0.717, 1.165) is 24.2 Å². The third kappa shape index (κ3) is 6.44. The van der Waals surface area contributed by atoms with Gasteiger partial charge in [-0.1, -0.05) is 67.6 Å². The van der Waals surface area contributed by atoms with E-state index in [1.807, 2.05) is 73.1 Å². The zero-order valence-corrected chi connectivity index (χ0v) is 14.0. The molecule has 4 rings (SSSR count). The Morgan fingerprint density at radius 1 is 0.750 bits per heavy atom. The monoisotopic (exact) mass is 317 g/mol. The SMILES string of the molecule is CCCc1ncc[nH]1.c1ccc2ncccc2c1.c1ccccc1. The Balaban J connectivity index is 0.000000135. The van der Waals surface area contributed by atoms with Crippen LogP contribution < -0.4 is 0 Å². The Labute approximate surface area is 143 Å². The zero-order valence-electron chi connectivity index (χ0n) is 14.0. The molecule has 3 nitrogen and oxygen atoms in total. The number of pyridine rings is 1. The second-order valence-electron chi connectivity index (χ2n) is 5.14. The van der Waals surface area contributed by atoms with E-state index in [4.69, 9.17) is 0 Å². The van der Waals surface area contributed by atoms with E-state index in [9.17, 15) is 0 Å². The van der Waals surface area contributed by atoms with Crippen LogP contribution in [0.25, 0.3) is 10.9 Å². The van der Waals surface area contributed by atoms with Crippen LogP contribution in [0.15, 0.2) is 91.4 Å². The molecule has 1 N–H and O–H groups in total. The molecule has 0 aliphatic rings. The molecule has 0 fully saturated rings. The van der Waals surface area contributed by atoms with Crippen LogP contribution in [0.3, 0.4) is 0 Å². The van der Waals surface area contributed by atoms with Gasteiger partial charge in [-0.25, -0.2) is 4.98 Å². The van der Waals surface area contributed by atoms with Gasteiger partial charge in [-0.05, 0) is 18.6 Å². The fourth-order valence-electron chi connectivity index (χ4n) is 2.07. The molecule has 0 saturated carbocycles. The number of nitrogens with one attached hydrogen (secondary N) is 1. The van der Waals surface area contributed by atoms with Gasteiger partial charge in [0.05, 0.1) is 5.52 Å². The second-order valence-corrected chi connectivity index (χ2v) is 5.14. The fourth-order valence-corrected chi connectivity index (χ4v) is 2.07. The maximum atomic E-state index is 4.18. The molecule has 0 aliphatic carbocycles. The Morgan fingerprint density at radius 3 is 2.00 bits per heavy atom. The smallest absolute Gasteiger partial charge is 0.105 e. The third-order valence-electron chi connectivity index (χ3n) is 3.22. The van der Waals surface area contributed by atoms with E-state index >= 15 is 0 Å². The van der Waals surface area contributed by atoms with Gasteiger partial charge in [0, 0.05) is 30.4 Å². The van der Waals surface area contributed by atoms with Crippen molar-refractivity contribution in [3.8, 4) is 0 Å². The molecule has 122 valence electrons. The summed E-state index contributed by atoms with van der Waals surface area (Å²) in [5.74, 6) is 1.09. The van der Waals surface area contributed by atoms with E-state index in [1.54, 1.807) is 6.20 Å². The minimum Gasteiger partial charge on any atom is -0.349 e. The average Bonchev–Trinajstić information content (AvgIpc) is 3.18. The van der Waals surface area contributed by atoms with Gasteiger partial charge >= 0.3 is 0 Å². The Bertz CT molecular complexity index is 688. The predicted molar refractivity (Wildman–Crippen MR) is 101 cm³/mol. The summed E-state index contributed by atoms with van der Waals surface area (Å²) in [5, 5.41) is 1.20. The molecule has 24 heavy (non-hydrogen) atoms. The van der Waals surface area contributed by atoms with Gasteiger partial charge in [0.15, 0.2) is 0 Å². The first-order valence-corrected chi connectivity index (χ1v) is 8.18. The zero-order chi connectivity index (χ0) is 16.9. The van der Waals surface area contributed by atoms with Crippen molar-refractivity contribution in [2.75, 3.05) is 0 Å². The molecule has 0 unspecified atom stereocenters. The lowest BCUT2D eigenvalue weighted by Crippen LogP contribution is -1.83. The van der Waals surface area contributed by atoms with Gasteiger partial charge in [-0.3, -0.25) is 4.98 Å².